The molecule has 3 rings (SSSR count). The molecule has 2 heteroatoms. The Hall–Kier alpha value is -2.61. The molecule has 2 aromatic carbocycles. The molecule has 0 aliphatic rings. The van der Waals surface area contributed by atoms with Crippen molar-refractivity contribution in [2.45, 2.75) is 12.8 Å². The first kappa shape index (κ1) is 13.4. The molecule has 0 aliphatic carbocycles. The number of carbonyl (C=O) groups is 1. The summed E-state index contributed by atoms with van der Waals surface area (Å²) in [7, 11) is 0. The van der Waals surface area contributed by atoms with Crippen molar-refractivity contribution in [2.75, 3.05) is 0 Å². The Kier molecular flexibility index (Phi) is 3.97. The van der Waals surface area contributed by atoms with Gasteiger partial charge in [-0.2, -0.15) is 0 Å². The second-order valence-electron chi connectivity index (χ2n) is 5.06. The minimum absolute atomic E-state index is 0.0110. The van der Waals surface area contributed by atoms with Crippen molar-refractivity contribution in [1.29, 1.82) is 0 Å². The molecule has 0 spiro atoms. The Morgan fingerprint density at radius 2 is 1.57 bits per heavy atom. The monoisotopic (exact) mass is 276 g/mol. The lowest BCUT2D eigenvalue weighted by molar-refractivity contribution is 0.0966. The van der Waals surface area contributed by atoms with Gasteiger partial charge in [0, 0.05) is 6.42 Å². The highest BCUT2D eigenvalue weighted by molar-refractivity contribution is 5.94. The number of hydrogen-bond acceptors (Lipinski definition) is 2. The van der Waals surface area contributed by atoms with E-state index in [1.54, 1.807) is 12.1 Å². The van der Waals surface area contributed by atoms with Crippen LogP contribution in [0.1, 0.15) is 27.2 Å². The van der Waals surface area contributed by atoms with Crippen LogP contribution < -0.4 is 0 Å². The maximum absolute atomic E-state index is 12.1. The highest BCUT2D eigenvalue weighted by atomic mass is 16.3. The van der Waals surface area contributed by atoms with Gasteiger partial charge in [0.1, 0.15) is 0 Å². The zero-order chi connectivity index (χ0) is 14.5. The molecule has 1 aromatic heterocycles. The van der Waals surface area contributed by atoms with E-state index in [0.717, 1.165) is 12.0 Å². The lowest BCUT2D eigenvalue weighted by Gasteiger charge is -2.05. The van der Waals surface area contributed by atoms with Crippen LogP contribution in [0.2, 0.25) is 0 Å². The van der Waals surface area contributed by atoms with Crippen LogP contribution in [0.15, 0.2) is 77.4 Å². The quantitative estimate of drug-likeness (QED) is 0.650. The number of carbonyl (C=O) groups excluding carboxylic acids is 1. The van der Waals surface area contributed by atoms with E-state index in [1.807, 2.05) is 30.3 Å². The molecule has 21 heavy (non-hydrogen) atoms. The Morgan fingerprint density at radius 3 is 2.33 bits per heavy atom. The first-order chi connectivity index (χ1) is 10.3. The molecular weight excluding hydrogens is 260 g/mol. The summed E-state index contributed by atoms with van der Waals surface area (Å²) in [5, 5.41) is 0. The molecule has 0 radical (unpaired) electrons. The molecule has 0 atom stereocenters. The van der Waals surface area contributed by atoms with Crippen LogP contribution in [-0.2, 0) is 12.8 Å². The van der Waals surface area contributed by atoms with Crippen molar-refractivity contribution in [1.82, 2.24) is 0 Å². The number of benzene rings is 2. The molecular formula is C19H16O2. The molecule has 0 fully saturated rings. The molecule has 0 saturated carbocycles. The fraction of sp³-hybridized carbons (Fsp3) is 0.105. The van der Waals surface area contributed by atoms with Crippen LogP contribution in [0.25, 0.3) is 0 Å². The highest BCUT2D eigenvalue weighted by Gasteiger charge is 2.09. The van der Waals surface area contributed by atoms with Crippen LogP contribution in [0.5, 0.6) is 0 Å². The Bertz CT molecular complexity index is 712. The lowest BCUT2D eigenvalue weighted by atomic mass is 10.0. The zero-order valence-corrected chi connectivity index (χ0v) is 11.7. The smallest absolute Gasteiger partial charge is 0.202 e. The summed E-state index contributed by atoms with van der Waals surface area (Å²) in [5.74, 6) is 0.431. The summed E-state index contributed by atoms with van der Waals surface area (Å²) in [6.45, 7) is 0. The van der Waals surface area contributed by atoms with Gasteiger partial charge in [-0.15, -0.1) is 0 Å². The second kappa shape index (κ2) is 6.23. The van der Waals surface area contributed by atoms with Crippen molar-refractivity contribution < 1.29 is 9.21 Å². The number of hydrogen-bond donors (Lipinski definition) is 0. The summed E-state index contributed by atoms with van der Waals surface area (Å²) in [4.78, 5) is 12.1. The summed E-state index contributed by atoms with van der Waals surface area (Å²) in [6.07, 6.45) is 2.78. The Balaban J connectivity index is 1.73. The molecule has 0 saturated heterocycles. The van der Waals surface area contributed by atoms with Crippen LogP contribution in [0, 0.1) is 0 Å². The molecule has 0 unspecified atom stereocenters. The van der Waals surface area contributed by atoms with Gasteiger partial charge in [-0.1, -0.05) is 54.6 Å². The zero-order valence-electron chi connectivity index (χ0n) is 11.7. The topological polar surface area (TPSA) is 30.2 Å². The van der Waals surface area contributed by atoms with Gasteiger partial charge in [-0.25, -0.2) is 0 Å². The van der Waals surface area contributed by atoms with Crippen molar-refractivity contribution in [2.24, 2.45) is 0 Å². The second-order valence-corrected chi connectivity index (χ2v) is 5.06. The summed E-state index contributed by atoms with van der Waals surface area (Å²) >= 11 is 0. The van der Waals surface area contributed by atoms with Gasteiger partial charge in [0.25, 0.3) is 0 Å². The van der Waals surface area contributed by atoms with Gasteiger partial charge in [-0.05, 0) is 35.2 Å². The fourth-order valence-corrected chi connectivity index (χ4v) is 2.39. The van der Waals surface area contributed by atoms with Crippen LogP contribution >= 0.6 is 0 Å². The number of rotatable bonds is 5. The van der Waals surface area contributed by atoms with Crippen molar-refractivity contribution in [3.63, 3.8) is 0 Å². The predicted octanol–water partition coefficient (Wildman–Crippen LogP) is 4.30. The average molecular weight is 276 g/mol. The summed E-state index contributed by atoms with van der Waals surface area (Å²) in [6, 6.07) is 21.9. The van der Waals surface area contributed by atoms with E-state index in [2.05, 4.69) is 24.3 Å². The third kappa shape index (κ3) is 3.48. The molecule has 1 heterocycles. The van der Waals surface area contributed by atoms with Crippen LogP contribution in [-0.4, -0.2) is 5.78 Å². The molecule has 0 N–H and O–H groups in total. The van der Waals surface area contributed by atoms with Gasteiger partial charge in [0.05, 0.1) is 6.26 Å². The molecule has 0 aliphatic heterocycles. The van der Waals surface area contributed by atoms with Gasteiger partial charge in [0.2, 0.25) is 5.78 Å². The lowest BCUT2D eigenvalue weighted by Crippen LogP contribution is -2.02. The van der Waals surface area contributed by atoms with Crippen molar-refractivity contribution in [3.8, 4) is 0 Å². The summed E-state index contributed by atoms with van der Waals surface area (Å²) < 4.78 is 5.14. The van der Waals surface area contributed by atoms with E-state index in [1.165, 1.54) is 17.4 Å². The maximum Gasteiger partial charge on any atom is 0.202 e. The van der Waals surface area contributed by atoms with Gasteiger partial charge >= 0.3 is 0 Å². The number of furan rings is 1. The van der Waals surface area contributed by atoms with E-state index in [9.17, 15) is 4.79 Å². The first-order valence-electron chi connectivity index (χ1n) is 7.00. The maximum atomic E-state index is 12.1. The molecule has 2 nitrogen and oxygen atoms in total. The largest absolute Gasteiger partial charge is 0.461 e. The minimum Gasteiger partial charge on any atom is -0.461 e. The van der Waals surface area contributed by atoms with Gasteiger partial charge < -0.3 is 4.42 Å². The van der Waals surface area contributed by atoms with Crippen LogP contribution in [0.4, 0.5) is 0 Å². The molecule has 0 amide bonds. The Labute approximate surface area is 124 Å². The third-order valence-electron chi connectivity index (χ3n) is 3.40. The van der Waals surface area contributed by atoms with E-state index in [0.29, 0.717) is 12.2 Å². The highest BCUT2D eigenvalue weighted by Crippen LogP contribution is 2.14. The first-order valence-corrected chi connectivity index (χ1v) is 7.00. The SMILES string of the molecule is O=C(Cc1cccc(Cc2ccccc2)c1)c1ccco1. The average Bonchev–Trinajstić information content (AvgIpc) is 3.03. The predicted molar refractivity (Wildman–Crippen MR) is 82.4 cm³/mol. The van der Waals surface area contributed by atoms with E-state index >= 15 is 0 Å². The molecule has 104 valence electrons. The van der Waals surface area contributed by atoms with Crippen molar-refractivity contribution in [3.05, 3.63) is 95.4 Å². The summed E-state index contributed by atoms with van der Waals surface area (Å²) in [5.41, 5.74) is 3.50. The number of ketones is 1. The molecule has 3 aromatic rings. The standard InChI is InChI=1S/C19H16O2/c20-18(19-10-5-11-21-19)14-17-9-4-8-16(13-17)12-15-6-2-1-3-7-15/h1-11,13H,12,14H2. The third-order valence-corrected chi connectivity index (χ3v) is 3.40. The van der Waals surface area contributed by atoms with E-state index in [-0.39, 0.29) is 5.78 Å². The Morgan fingerprint density at radius 1 is 0.810 bits per heavy atom. The minimum atomic E-state index is 0.0110. The van der Waals surface area contributed by atoms with Crippen LogP contribution in [0.3, 0.4) is 0 Å². The normalized spacial score (nSPS) is 10.5. The molecule has 0 bridgehead atoms. The van der Waals surface area contributed by atoms with E-state index in [4.69, 9.17) is 4.42 Å². The van der Waals surface area contributed by atoms with Gasteiger partial charge in [-0.3, -0.25) is 4.79 Å². The van der Waals surface area contributed by atoms with Gasteiger partial charge in [0.15, 0.2) is 5.76 Å². The fourth-order valence-electron chi connectivity index (χ4n) is 2.39. The van der Waals surface area contributed by atoms with Crippen molar-refractivity contribution >= 4 is 5.78 Å². The number of Topliss-reactive ketones (excluding diaryl/α,β-unsaturated/α-hetero) is 1. The van der Waals surface area contributed by atoms with E-state index < -0.39 is 0 Å².